The van der Waals surface area contributed by atoms with Crippen LogP contribution in [0.4, 0.5) is 0 Å². The van der Waals surface area contributed by atoms with Gasteiger partial charge in [-0.2, -0.15) is 0 Å². The number of carbonyl (C=O) groups excluding carboxylic acids is 1. The van der Waals surface area contributed by atoms with Crippen LogP contribution in [-0.2, 0) is 4.79 Å². The lowest BCUT2D eigenvalue weighted by Gasteiger charge is -2.44. The summed E-state index contributed by atoms with van der Waals surface area (Å²) in [5.74, 6) is 0.762. The van der Waals surface area contributed by atoms with Crippen LogP contribution in [0.1, 0.15) is 71.6 Å². The van der Waals surface area contributed by atoms with Crippen LogP contribution in [0, 0.1) is 5.92 Å². The third kappa shape index (κ3) is 4.20. The van der Waals surface area contributed by atoms with Gasteiger partial charge in [0.15, 0.2) is 0 Å². The van der Waals surface area contributed by atoms with E-state index in [4.69, 9.17) is 0 Å². The molecule has 2 rings (SSSR count). The fourth-order valence-electron chi connectivity index (χ4n) is 3.64. The first kappa shape index (κ1) is 14.8. The third-order valence-corrected chi connectivity index (χ3v) is 5.04. The third-order valence-electron chi connectivity index (χ3n) is 5.04. The molecule has 3 nitrogen and oxygen atoms in total. The van der Waals surface area contributed by atoms with E-state index in [1.165, 1.54) is 32.1 Å². The number of carbonyl (C=O) groups is 1. The molecule has 1 spiro atoms. The molecule has 19 heavy (non-hydrogen) atoms. The van der Waals surface area contributed by atoms with Crippen LogP contribution >= 0.6 is 0 Å². The summed E-state index contributed by atoms with van der Waals surface area (Å²) >= 11 is 0. The molecule has 2 atom stereocenters. The average molecular weight is 266 g/mol. The highest BCUT2D eigenvalue weighted by Crippen LogP contribution is 2.34. The Hall–Kier alpha value is -0.570. The Labute approximate surface area is 117 Å². The molecule has 1 heterocycles. The first-order valence-corrected chi connectivity index (χ1v) is 8.18. The van der Waals surface area contributed by atoms with Crippen LogP contribution in [0.25, 0.3) is 0 Å². The standard InChI is InChI=1S/C16H30N2O/c1-3-13(2)11-15(19)18-14-7-10-17-16(12-14)8-5-4-6-9-16/h13-14,17H,3-12H2,1-2H3,(H,18,19). The van der Waals surface area contributed by atoms with Crippen molar-refractivity contribution in [3.8, 4) is 0 Å². The van der Waals surface area contributed by atoms with Crippen molar-refractivity contribution in [3.05, 3.63) is 0 Å². The first-order chi connectivity index (χ1) is 9.13. The number of piperidine rings is 1. The summed E-state index contributed by atoms with van der Waals surface area (Å²) in [7, 11) is 0. The molecule has 0 aromatic rings. The van der Waals surface area contributed by atoms with Crippen LogP contribution in [0.15, 0.2) is 0 Å². The quantitative estimate of drug-likeness (QED) is 0.821. The molecule has 1 aliphatic heterocycles. The lowest BCUT2D eigenvalue weighted by atomic mass is 9.75. The van der Waals surface area contributed by atoms with Gasteiger partial charge in [0.2, 0.25) is 5.91 Å². The van der Waals surface area contributed by atoms with Crippen molar-refractivity contribution in [2.45, 2.75) is 83.2 Å². The van der Waals surface area contributed by atoms with Crippen LogP contribution in [0.2, 0.25) is 0 Å². The molecule has 1 aliphatic carbocycles. The predicted molar refractivity (Wildman–Crippen MR) is 79.1 cm³/mol. The molecular weight excluding hydrogens is 236 g/mol. The second-order valence-corrected chi connectivity index (χ2v) is 6.74. The van der Waals surface area contributed by atoms with Gasteiger partial charge in [0, 0.05) is 18.0 Å². The maximum atomic E-state index is 12.0. The Morgan fingerprint density at radius 3 is 2.79 bits per heavy atom. The Morgan fingerprint density at radius 1 is 1.37 bits per heavy atom. The lowest BCUT2D eigenvalue weighted by Crippen LogP contribution is -2.57. The van der Waals surface area contributed by atoms with Gasteiger partial charge in [-0.25, -0.2) is 0 Å². The fraction of sp³-hybridized carbons (Fsp3) is 0.938. The minimum atomic E-state index is 0.257. The molecule has 2 aliphatic rings. The molecule has 1 saturated heterocycles. The van der Waals surface area contributed by atoms with Gasteiger partial charge in [-0.1, -0.05) is 39.5 Å². The van der Waals surface area contributed by atoms with E-state index in [-0.39, 0.29) is 5.91 Å². The van der Waals surface area contributed by atoms with Crippen molar-refractivity contribution in [3.63, 3.8) is 0 Å². The minimum absolute atomic E-state index is 0.257. The number of hydrogen-bond donors (Lipinski definition) is 2. The van der Waals surface area contributed by atoms with Gasteiger partial charge in [0.05, 0.1) is 0 Å². The average Bonchev–Trinajstić information content (AvgIpc) is 2.39. The van der Waals surface area contributed by atoms with E-state index in [0.717, 1.165) is 25.8 Å². The number of amides is 1. The molecule has 2 fully saturated rings. The summed E-state index contributed by atoms with van der Waals surface area (Å²) in [6.45, 7) is 5.37. The lowest BCUT2D eigenvalue weighted by molar-refractivity contribution is -0.123. The molecular formula is C16H30N2O. The maximum Gasteiger partial charge on any atom is 0.220 e. The van der Waals surface area contributed by atoms with Crippen LogP contribution in [-0.4, -0.2) is 24.0 Å². The fourth-order valence-corrected chi connectivity index (χ4v) is 3.64. The largest absolute Gasteiger partial charge is 0.353 e. The Morgan fingerprint density at radius 2 is 2.11 bits per heavy atom. The minimum Gasteiger partial charge on any atom is -0.353 e. The Balaban J connectivity index is 1.82. The number of nitrogens with one attached hydrogen (secondary N) is 2. The molecule has 1 saturated carbocycles. The van der Waals surface area contributed by atoms with Crippen molar-refractivity contribution in [1.29, 1.82) is 0 Å². The second-order valence-electron chi connectivity index (χ2n) is 6.74. The highest BCUT2D eigenvalue weighted by atomic mass is 16.1. The van der Waals surface area contributed by atoms with E-state index in [2.05, 4.69) is 24.5 Å². The van der Waals surface area contributed by atoms with E-state index < -0.39 is 0 Å². The van der Waals surface area contributed by atoms with Crippen molar-refractivity contribution < 1.29 is 4.79 Å². The molecule has 2 N–H and O–H groups in total. The second kappa shape index (κ2) is 6.74. The predicted octanol–water partition coefficient (Wildman–Crippen LogP) is 2.99. The molecule has 3 heteroatoms. The Bertz CT molecular complexity index is 292. The van der Waals surface area contributed by atoms with Gasteiger partial charge in [-0.3, -0.25) is 4.79 Å². The highest BCUT2D eigenvalue weighted by Gasteiger charge is 2.37. The van der Waals surface area contributed by atoms with Gasteiger partial charge in [0.25, 0.3) is 0 Å². The SMILES string of the molecule is CCC(C)CC(=O)NC1CCNC2(CCCCC2)C1. The van der Waals surface area contributed by atoms with Crippen molar-refractivity contribution >= 4 is 5.91 Å². The van der Waals surface area contributed by atoms with Gasteiger partial charge in [-0.15, -0.1) is 0 Å². The molecule has 0 radical (unpaired) electrons. The monoisotopic (exact) mass is 266 g/mol. The van der Waals surface area contributed by atoms with E-state index in [0.29, 0.717) is 23.9 Å². The molecule has 0 bridgehead atoms. The number of hydrogen-bond acceptors (Lipinski definition) is 2. The van der Waals surface area contributed by atoms with Crippen molar-refractivity contribution in [2.24, 2.45) is 5.92 Å². The molecule has 2 unspecified atom stereocenters. The zero-order chi connectivity index (χ0) is 13.7. The van der Waals surface area contributed by atoms with Gasteiger partial charge < -0.3 is 10.6 Å². The summed E-state index contributed by atoms with van der Waals surface area (Å²) < 4.78 is 0. The van der Waals surface area contributed by atoms with Gasteiger partial charge in [-0.05, 0) is 38.1 Å². The van der Waals surface area contributed by atoms with Gasteiger partial charge >= 0.3 is 0 Å². The van der Waals surface area contributed by atoms with Crippen LogP contribution in [0.3, 0.4) is 0 Å². The van der Waals surface area contributed by atoms with E-state index in [9.17, 15) is 4.79 Å². The Kier molecular flexibility index (Phi) is 5.26. The summed E-state index contributed by atoms with van der Waals surface area (Å²) in [5.41, 5.74) is 0.338. The normalized spacial score (nSPS) is 28.0. The van der Waals surface area contributed by atoms with Gasteiger partial charge in [0.1, 0.15) is 0 Å². The van der Waals surface area contributed by atoms with Crippen LogP contribution in [0.5, 0.6) is 0 Å². The summed E-state index contributed by atoms with van der Waals surface area (Å²) in [6.07, 6.45) is 10.7. The summed E-state index contributed by atoms with van der Waals surface area (Å²) in [6, 6.07) is 0.399. The zero-order valence-corrected chi connectivity index (χ0v) is 12.6. The molecule has 0 aromatic carbocycles. The van der Waals surface area contributed by atoms with E-state index in [1.807, 2.05) is 0 Å². The maximum absolute atomic E-state index is 12.0. The topological polar surface area (TPSA) is 41.1 Å². The van der Waals surface area contributed by atoms with Crippen LogP contribution < -0.4 is 10.6 Å². The van der Waals surface area contributed by atoms with Crippen molar-refractivity contribution in [2.75, 3.05) is 6.54 Å². The molecule has 0 aromatic heterocycles. The summed E-state index contributed by atoms with van der Waals surface area (Å²) in [4.78, 5) is 12.0. The first-order valence-electron chi connectivity index (χ1n) is 8.18. The highest BCUT2D eigenvalue weighted by molar-refractivity contribution is 5.76. The molecule has 110 valence electrons. The van der Waals surface area contributed by atoms with E-state index in [1.54, 1.807) is 0 Å². The molecule has 1 amide bonds. The van der Waals surface area contributed by atoms with Crippen molar-refractivity contribution in [1.82, 2.24) is 10.6 Å². The van der Waals surface area contributed by atoms with E-state index >= 15 is 0 Å². The summed E-state index contributed by atoms with van der Waals surface area (Å²) in [5, 5.41) is 7.02. The zero-order valence-electron chi connectivity index (χ0n) is 12.6. The smallest absolute Gasteiger partial charge is 0.220 e. The number of rotatable bonds is 4.